The van der Waals surface area contributed by atoms with Gasteiger partial charge in [0.15, 0.2) is 0 Å². The van der Waals surface area contributed by atoms with E-state index in [1.54, 1.807) is 19.2 Å². The summed E-state index contributed by atoms with van der Waals surface area (Å²) in [6, 6.07) is 4.50. The van der Waals surface area contributed by atoms with Crippen LogP contribution in [0.4, 0.5) is 10.1 Å². The third-order valence-corrected chi connectivity index (χ3v) is 3.21. The van der Waals surface area contributed by atoms with E-state index in [1.165, 1.54) is 6.07 Å². The van der Waals surface area contributed by atoms with Crippen LogP contribution in [0.3, 0.4) is 0 Å². The smallest absolute Gasteiger partial charge is 0.253 e. The number of nitrogens with one attached hydrogen (secondary N) is 2. The van der Waals surface area contributed by atoms with E-state index in [4.69, 9.17) is 0 Å². The number of amides is 1. The quantitative estimate of drug-likeness (QED) is 0.817. The molecule has 1 amide bonds. The Hall–Kier alpha value is -1.58. The number of hydrogen-bond donors (Lipinski definition) is 2. The standard InChI is InChI=1S/C14H21FN2O/c1-4-10(5-2)9-17-14(18)11-7-6-8-12(15)13(11)16-3/h6-8,10,16H,4-5,9H2,1-3H3,(H,17,18). The number of halogens is 1. The first-order valence-corrected chi connectivity index (χ1v) is 6.38. The Labute approximate surface area is 108 Å². The lowest BCUT2D eigenvalue weighted by Gasteiger charge is -2.15. The van der Waals surface area contributed by atoms with Crippen molar-refractivity contribution in [3.05, 3.63) is 29.6 Å². The average Bonchev–Trinajstić information content (AvgIpc) is 2.39. The maximum atomic E-state index is 13.5. The second-order valence-electron chi connectivity index (χ2n) is 4.30. The third kappa shape index (κ3) is 3.45. The summed E-state index contributed by atoms with van der Waals surface area (Å²) in [4.78, 5) is 12.0. The number of carbonyl (C=O) groups is 1. The van der Waals surface area contributed by atoms with Crippen LogP contribution in [0.2, 0.25) is 0 Å². The molecule has 100 valence electrons. The highest BCUT2D eigenvalue weighted by atomic mass is 19.1. The summed E-state index contributed by atoms with van der Waals surface area (Å²) in [5.41, 5.74) is 0.600. The van der Waals surface area contributed by atoms with Crippen LogP contribution in [0.5, 0.6) is 0 Å². The highest BCUT2D eigenvalue weighted by Gasteiger charge is 2.14. The molecule has 18 heavy (non-hydrogen) atoms. The van der Waals surface area contributed by atoms with Crippen molar-refractivity contribution in [1.82, 2.24) is 5.32 Å². The van der Waals surface area contributed by atoms with Gasteiger partial charge in [0.2, 0.25) is 0 Å². The molecule has 0 atom stereocenters. The first-order chi connectivity index (χ1) is 8.63. The Morgan fingerprint density at radius 2 is 2.00 bits per heavy atom. The maximum Gasteiger partial charge on any atom is 0.253 e. The maximum absolute atomic E-state index is 13.5. The molecule has 1 aromatic carbocycles. The van der Waals surface area contributed by atoms with Crippen LogP contribution in [0.25, 0.3) is 0 Å². The van der Waals surface area contributed by atoms with Crippen LogP contribution in [0.15, 0.2) is 18.2 Å². The molecule has 1 rings (SSSR count). The number of carbonyl (C=O) groups excluding carboxylic acids is 1. The highest BCUT2D eigenvalue weighted by Crippen LogP contribution is 2.19. The van der Waals surface area contributed by atoms with Gasteiger partial charge >= 0.3 is 0 Å². The first kappa shape index (κ1) is 14.5. The molecule has 0 saturated heterocycles. The summed E-state index contributed by atoms with van der Waals surface area (Å²) in [6.45, 7) is 4.83. The number of anilines is 1. The molecule has 3 nitrogen and oxygen atoms in total. The molecule has 0 radical (unpaired) electrons. The van der Waals surface area contributed by atoms with E-state index in [1.807, 2.05) is 0 Å². The molecule has 0 aliphatic rings. The SMILES string of the molecule is CCC(CC)CNC(=O)c1cccc(F)c1NC. The number of benzene rings is 1. The zero-order valence-corrected chi connectivity index (χ0v) is 11.2. The largest absolute Gasteiger partial charge is 0.385 e. The van der Waals surface area contributed by atoms with Gasteiger partial charge in [-0.25, -0.2) is 4.39 Å². The van der Waals surface area contributed by atoms with Crippen molar-refractivity contribution in [3.8, 4) is 0 Å². The van der Waals surface area contributed by atoms with Gasteiger partial charge in [-0.05, 0) is 18.1 Å². The van der Waals surface area contributed by atoms with E-state index in [0.717, 1.165) is 12.8 Å². The molecule has 0 aliphatic heterocycles. The molecule has 0 bridgehead atoms. The van der Waals surface area contributed by atoms with Gasteiger partial charge in [0.1, 0.15) is 5.82 Å². The minimum Gasteiger partial charge on any atom is -0.385 e. The van der Waals surface area contributed by atoms with Crippen molar-refractivity contribution in [2.45, 2.75) is 26.7 Å². The summed E-state index contributed by atoms with van der Waals surface area (Å²) < 4.78 is 13.5. The van der Waals surface area contributed by atoms with Crippen LogP contribution in [0, 0.1) is 11.7 Å². The molecule has 0 unspecified atom stereocenters. The molecule has 0 spiro atoms. The van der Waals surface area contributed by atoms with Crippen LogP contribution in [-0.4, -0.2) is 19.5 Å². The molecular weight excluding hydrogens is 231 g/mol. The van der Waals surface area contributed by atoms with Crippen molar-refractivity contribution in [3.63, 3.8) is 0 Å². The number of hydrogen-bond acceptors (Lipinski definition) is 2. The minimum atomic E-state index is -0.410. The third-order valence-electron chi connectivity index (χ3n) is 3.21. The summed E-state index contributed by atoms with van der Waals surface area (Å²) in [5, 5.41) is 5.58. The zero-order valence-electron chi connectivity index (χ0n) is 11.2. The van der Waals surface area contributed by atoms with E-state index in [-0.39, 0.29) is 11.6 Å². The lowest BCUT2D eigenvalue weighted by Crippen LogP contribution is -2.29. The van der Waals surface area contributed by atoms with Gasteiger partial charge in [0, 0.05) is 13.6 Å². The summed E-state index contributed by atoms with van der Waals surface area (Å²) in [7, 11) is 1.61. The van der Waals surface area contributed by atoms with Gasteiger partial charge in [-0.3, -0.25) is 4.79 Å². The molecule has 2 N–H and O–H groups in total. The second-order valence-corrected chi connectivity index (χ2v) is 4.30. The minimum absolute atomic E-state index is 0.231. The summed E-state index contributed by atoms with van der Waals surface area (Å²) >= 11 is 0. The lowest BCUT2D eigenvalue weighted by molar-refractivity contribution is 0.0947. The highest BCUT2D eigenvalue weighted by molar-refractivity contribution is 5.99. The van der Waals surface area contributed by atoms with Gasteiger partial charge in [-0.15, -0.1) is 0 Å². The molecule has 0 saturated carbocycles. The Morgan fingerprint density at radius 1 is 1.33 bits per heavy atom. The van der Waals surface area contributed by atoms with E-state index < -0.39 is 5.82 Å². The number of rotatable bonds is 6. The second kappa shape index (κ2) is 6.99. The van der Waals surface area contributed by atoms with Gasteiger partial charge in [0.05, 0.1) is 11.3 Å². The molecule has 0 heterocycles. The summed E-state index contributed by atoms with van der Waals surface area (Å²) in [5.74, 6) is -0.168. The van der Waals surface area contributed by atoms with E-state index in [2.05, 4.69) is 24.5 Å². The Kier molecular flexibility index (Phi) is 5.62. The van der Waals surface area contributed by atoms with Gasteiger partial charge in [-0.2, -0.15) is 0 Å². The van der Waals surface area contributed by atoms with Crippen molar-refractivity contribution >= 4 is 11.6 Å². The van der Waals surface area contributed by atoms with Gasteiger partial charge in [0.25, 0.3) is 5.91 Å². The molecule has 0 fully saturated rings. The van der Waals surface area contributed by atoms with Crippen LogP contribution in [-0.2, 0) is 0 Å². The number of para-hydroxylation sites is 1. The lowest BCUT2D eigenvalue weighted by atomic mass is 10.0. The van der Waals surface area contributed by atoms with Crippen molar-refractivity contribution in [2.24, 2.45) is 5.92 Å². The van der Waals surface area contributed by atoms with Gasteiger partial charge < -0.3 is 10.6 Å². The average molecular weight is 252 g/mol. The molecule has 0 aromatic heterocycles. The fourth-order valence-electron chi connectivity index (χ4n) is 1.88. The van der Waals surface area contributed by atoms with E-state index in [9.17, 15) is 9.18 Å². The van der Waals surface area contributed by atoms with Crippen molar-refractivity contribution in [2.75, 3.05) is 18.9 Å². The van der Waals surface area contributed by atoms with Crippen LogP contribution in [0.1, 0.15) is 37.0 Å². The first-order valence-electron chi connectivity index (χ1n) is 6.38. The normalized spacial score (nSPS) is 10.5. The predicted molar refractivity (Wildman–Crippen MR) is 72.4 cm³/mol. The summed E-state index contributed by atoms with van der Waals surface area (Å²) in [6.07, 6.45) is 2.05. The Balaban J connectivity index is 2.75. The Morgan fingerprint density at radius 3 is 2.56 bits per heavy atom. The molecule has 4 heteroatoms. The topological polar surface area (TPSA) is 41.1 Å². The molecule has 0 aliphatic carbocycles. The van der Waals surface area contributed by atoms with Crippen LogP contribution >= 0.6 is 0 Å². The van der Waals surface area contributed by atoms with E-state index in [0.29, 0.717) is 18.0 Å². The van der Waals surface area contributed by atoms with Gasteiger partial charge in [-0.1, -0.05) is 32.8 Å². The molecule has 1 aromatic rings. The molecular formula is C14H21FN2O. The predicted octanol–water partition coefficient (Wildman–Crippen LogP) is 3.03. The zero-order chi connectivity index (χ0) is 13.5. The Bertz CT molecular complexity index is 403. The van der Waals surface area contributed by atoms with E-state index >= 15 is 0 Å². The fourth-order valence-corrected chi connectivity index (χ4v) is 1.88. The van der Waals surface area contributed by atoms with Crippen LogP contribution < -0.4 is 10.6 Å². The monoisotopic (exact) mass is 252 g/mol. The van der Waals surface area contributed by atoms with Crippen molar-refractivity contribution < 1.29 is 9.18 Å². The van der Waals surface area contributed by atoms with Crippen molar-refractivity contribution in [1.29, 1.82) is 0 Å². The fraction of sp³-hybridized carbons (Fsp3) is 0.500.